The maximum Gasteiger partial charge on any atom is 0.243 e. The largest absolute Gasteiger partial charge is 0.375 e. The zero-order valence-electron chi connectivity index (χ0n) is 17.0. The Balaban J connectivity index is 1.34. The lowest BCUT2D eigenvalue weighted by Gasteiger charge is -2.49. The Morgan fingerprint density at radius 3 is 2.66 bits per heavy atom. The van der Waals surface area contributed by atoms with E-state index in [1.165, 1.54) is 0 Å². The third-order valence-electron chi connectivity index (χ3n) is 5.91. The lowest BCUT2D eigenvalue weighted by molar-refractivity contribution is -0.106. The normalized spacial score (nSPS) is 21.4. The van der Waals surface area contributed by atoms with Gasteiger partial charge < -0.3 is 9.47 Å². The molecule has 0 amide bonds. The van der Waals surface area contributed by atoms with Crippen molar-refractivity contribution in [1.82, 2.24) is 9.29 Å². The summed E-state index contributed by atoms with van der Waals surface area (Å²) in [5.74, 6) is 0.317. The average molecular weight is 417 g/mol. The van der Waals surface area contributed by atoms with Crippen LogP contribution in [-0.4, -0.2) is 49.6 Å². The number of aryl methyl sites for hydroxylation is 2. The molecule has 0 radical (unpaired) electrons. The summed E-state index contributed by atoms with van der Waals surface area (Å²) in [6.45, 7) is 6.49. The molecular weight excluding hydrogens is 388 g/mol. The summed E-state index contributed by atoms with van der Waals surface area (Å²) in [6, 6.07) is 11.2. The van der Waals surface area contributed by atoms with Gasteiger partial charge in [0.2, 0.25) is 10.0 Å². The van der Waals surface area contributed by atoms with Crippen molar-refractivity contribution in [1.29, 1.82) is 0 Å². The van der Waals surface area contributed by atoms with Gasteiger partial charge in [-0.2, -0.15) is 4.31 Å². The van der Waals surface area contributed by atoms with Crippen LogP contribution in [0.4, 0.5) is 0 Å². The van der Waals surface area contributed by atoms with E-state index < -0.39 is 10.0 Å². The quantitative estimate of drug-likeness (QED) is 0.649. The van der Waals surface area contributed by atoms with Gasteiger partial charge in [-0.15, -0.1) is 0 Å². The molecule has 2 aliphatic rings. The topological polar surface area (TPSA) is 68.7 Å². The Labute approximate surface area is 172 Å². The van der Waals surface area contributed by atoms with Gasteiger partial charge in [0.1, 0.15) is 0 Å². The van der Waals surface area contributed by atoms with Gasteiger partial charge in [-0.05, 0) is 68.0 Å². The molecule has 7 heteroatoms. The van der Waals surface area contributed by atoms with Crippen molar-refractivity contribution in [3.63, 3.8) is 0 Å². The van der Waals surface area contributed by atoms with Crippen molar-refractivity contribution < 1.29 is 17.9 Å². The summed E-state index contributed by atoms with van der Waals surface area (Å²) < 4.78 is 39.4. The van der Waals surface area contributed by atoms with Crippen molar-refractivity contribution >= 4 is 10.0 Å². The molecule has 0 saturated carbocycles. The molecule has 1 aromatic heterocycles. The Kier molecular flexibility index (Phi) is 5.75. The molecule has 0 aliphatic carbocycles. The molecular formula is C22H28N2O4S. The van der Waals surface area contributed by atoms with Crippen LogP contribution in [0.2, 0.25) is 0 Å². The molecule has 0 N–H and O–H groups in total. The van der Waals surface area contributed by atoms with Crippen molar-refractivity contribution in [3.05, 3.63) is 59.4 Å². The highest BCUT2D eigenvalue weighted by molar-refractivity contribution is 7.89. The van der Waals surface area contributed by atoms with Crippen LogP contribution in [0.1, 0.15) is 29.7 Å². The molecule has 2 aliphatic heterocycles. The smallest absolute Gasteiger partial charge is 0.243 e. The Bertz CT molecular complexity index is 936. The summed E-state index contributed by atoms with van der Waals surface area (Å²) in [5.41, 5.74) is 2.47. The van der Waals surface area contributed by atoms with Crippen molar-refractivity contribution in [2.75, 3.05) is 26.3 Å². The van der Waals surface area contributed by atoms with Crippen LogP contribution in [-0.2, 0) is 26.1 Å². The predicted molar refractivity (Wildman–Crippen MR) is 110 cm³/mol. The summed E-state index contributed by atoms with van der Waals surface area (Å²) in [7, 11) is -3.48. The molecule has 0 bridgehead atoms. The highest BCUT2D eigenvalue weighted by atomic mass is 32.2. The standard InChI is InChI=1S/C22H28N2O4S/c1-17-11-18(2)13-21(12-17)29(25,26)24-15-22(16-24)19(7-10-28-22)6-9-27-14-20-5-3-4-8-23-20/h3-5,8,11-13,19H,6-7,9-10,14-16H2,1-2H3/t19-/m1/s1. The zero-order valence-corrected chi connectivity index (χ0v) is 17.8. The van der Waals surface area contributed by atoms with Crippen molar-refractivity contribution in [3.8, 4) is 0 Å². The summed E-state index contributed by atoms with van der Waals surface area (Å²) in [4.78, 5) is 4.63. The second-order valence-corrected chi connectivity index (χ2v) is 10.1. The zero-order chi connectivity index (χ0) is 20.5. The van der Waals surface area contributed by atoms with E-state index >= 15 is 0 Å². The van der Waals surface area contributed by atoms with E-state index in [2.05, 4.69) is 4.98 Å². The van der Waals surface area contributed by atoms with Crippen LogP contribution in [0.3, 0.4) is 0 Å². The Morgan fingerprint density at radius 1 is 1.21 bits per heavy atom. The number of benzene rings is 1. The molecule has 1 spiro atoms. The minimum absolute atomic E-state index is 0.317. The number of hydrogen-bond acceptors (Lipinski definition) is 5. The van der Waals surface area contributed by atoms with Crippen LogP contribution in [0.15, 0.2) is 47.5 Å². The molecule has 3 heterocycles. The van der Waals surface area contributed by atoms with E-state index in [0.29, 0.717) is 43.7 Å². The van der Waals surface area contributed by atoms with Crippen LogP contribution in [0.25, 0.3) is 0 Å². The molecule has 0 unspecified atom stereocenters. The van der Waals surface area contributed by atoms with Crippen LogP contribution < -0.4 is 0 Å². The summed E-state index contributed by atoms with van der Waals surface area (Å²) in [6.07, 6.45) is 3.58. The minimum atomic E-state index is -3.48. The number of sulfonamides is 1. The lowest BCUT2D eigenvalue weighted by Crippen LogP contribution is -2.65. The van der Waals surface area contributed by atoms with Gasteiger partial charge in [0.05, 0.1) is 22.8 Å². The van der Waals surface area contributed by atoms with Gasteiger partial charge in [-0.25, -0.2) is 8.42 Å². The fourth-order valence-corrected chi connectivity index (χ4v) is 6.12. The molecule has 4 rings (SSSR count). The van der Waals surface area contributed by atoms with Gasteiger partial charge in [0.15, 0.2) is 0 Å². The second-order valence-electron chi connectivity index (χ2n) is 8.16. The minimum Gasteiger partial charge on any atom is -0.375 e. The van der Waals surface area contributed by atoms with E-state index in [-0.39, 0.29) is 5.60 Å². The molecule has 156 valence electrons. The highest BCUT2D eigenvalue weighted by Crippen LogP contribution is 2.43. The molecule has 1 aromatic carbocycles. The van der Waals surface area contributed by atoms with Gasteiger partial charge in [0, 0.05) is 32.5 Å². The third-order valence-corrected chi connectivity index (χ3v) is 7.68. The Hall–Kier alpha value is -1.80. The maximum absolute atomic E-state index is 13.0. The number of rotatable bonds is 7. The first kappa shape index (κ1) is 20.5. The molecule has 29 heavy (non-hydrogen) atoms. The number of hydrogen-bond donors (Lipinski definition) is 0. The monoisotopic (exact) mass is 416 g/mol. The Morgan fingerprint density at radius 2 is 1.97 bits per heavy atom. The van der Waals surface area contributed by atoms with Crippen LogP contribution in [0.5, 0.6) is 0 Å². The molecule has 6 nitrogen and oxygen atoms in total. The van der Waals surface area contributed by atoms with Crippen LogP contribution >= 0.6 is 0 Å². The van der Waals surface area contributed by atoms with E-state index in [0.717, 1.165) is 29.7 Å². The first-order chi connectivity index (χ1) is 13.9. The summed E-state index contributed by atoms with van der Waals surface area (Å²) >= 11 is 0. The number of pyridine rings is 1. The van der Waals surface area contributed by atoms with E-state index in [4.69, 9.17) is 9.47 Å². The molecule has 2 aromatic rings. The van der Waals surface area contributed by atoms with Gasteiger partial charge in [-0.3, -0.25) is 4.98 Å². The molecule has 2 saturated heterocycles. The number of aromatic nitrogens is 1. The second kappa shape index (κ2) is 8.14. The highest BCUT2D eigenvalue weighted by Gasteiger charge is 2.56. The van der Waals surface area contributed by atoms with Gasteiger partial charge in [-0.1, -0.05) is 12.1 Å². The molecule has 1 atom stereocenters. The van der Waals surface area contributed by atoms with E-state index in [9.17, 15) is 8.42 Å². The van der Waals surface area contributed by atoms with E-state index in [1.807, 2.05) is 38.1 Å². The predicted octanol–water partition coefficient (Wildman–Crippen LogP) is 3.08. The van der Waals surface area contributed by atoms with Gasteiger partial charge in [0.25, 0.3) is 0 Å². The maximum atomic E-state index is 13.0. The van der Waals surface area contributed by atoms with Gasteiger partial charge >= 0.3 is 0 Å². The lowest BCUT2D eigenvalue weighted by atomic mass is 9.80. The fourth-order valence-electron chi connectivity index (χ4n) is 4.38. The van der Waals surface area contributed by atoms with E-state index in [1.54, 1.807) is 22.6 Å². The molecule has 2 fully saturated rings. The SMILES string of the molecule is Cc1cc(C)cc(S(=O)(=O)N2CC3(C2)OCC[C@H]3CCOCc2ccccn2)c1. The fraction of sp³-hybridized carbons (Fsp3) is 0.500. The first-order valence-electron chi connectivity index (χ1n) is 10.1. The first-order valence-corrected chi connectivity index (χ1v) is 11.5. The summed E-state index contributed by atoms with van der Waals surface area (Å²) in [5, 5.41) is 0. The van der Waals surface area contributed by atoms with Crippen molar-refractivity contribution in [2.24, 2.45) is 5.92 Å². The van der Waals surface area contributed by atoms with Crippen LogP contribution in [0, 0.1) is 19.8 Å². The van der Waals surface area contributed by atoms with Crippen molar-refractivity contribution in [2.45, 2.75) is 43.8 Å². The number of ether oxygens (including phenoxy) is 2. The number of nitrogens with zero attached hydrogens (tertiary/aromatic N) is 2. The average Bonchev–Trinajstić information content (AvgIpc) is 3.08. The third kappa shape index (κ3) is 4.23.